The normalized spacial score (nSPS) is 20.4. The molecule has 1 aromatic carbocycles. The van der Waals surface area contributed by atoms with Gasteiger partial charge in [-0.05, 0) is 42.9 Å². The number of aromatic nitrogens is 1. The van der Waals surface area contributed by atoms with Gasteiger partial charge in [0.15, 0.2) is 16.9 Å². The molecule has 35 heavy (non-hydrogen) atoms. The number of nitrogens with zero attached hydrogens (tertiary/aromatic N) is 1. The van der Waals surface area contributed by atoms with Gasteiger partial charge < -0.3 is 18.2 Å². The fraction of sp³-hybridized carbons (Fsp3) is 0.478. The van der Waals surface area contributed by atoms with Gasteiger partial charge in [-0.1, -0.05) is 13.8 Å². The predicted molar refractivity (Wildman–Crippen MR) is 119 cm³/mol. The Morgan fingerprint density at radius 1 is 1.20 bits per heavy atom. The van der Waals surface area contributed by atoms with Crippen LogP contribution < -0.4 is 14.3 Å². The molecular weight excluding hydrogens is 491 g/mol. The van der Waals surface area contributed by atoms with E-state index in [0.29, 0.717) is 23.2 Å². The van der Waals surface area contributed by atoms with Crippen molar-refractivity contribution in [1.29, 1.82) is 0 Å². The number of hydrogen-bond donors (Lipinski definition) is 0. The summed E-state index contributed by atoms with van der Waals surface area (Å²) in [5.74, 6) is -1.83. The lowest BCUT2D eigenvalue weighted by Gasteiger charge is -2.40. The van der Waals surface area contributed by atoms with Crippen molar-refractivity contribution in [3.63, 3.8) is 0 Å². The fourth-order valence-electron chi connectivity index (χ4n) is 5.13. The van der Waals surface area contributed by atoms with Gasteiger partial charge in [-0.2, -0.15) is 21.6 Å². The van der Waals surface area contributed by atoms with Gasteiger partial charge in [-0.25, -0.2) is 4.79 Å². The number of pyridine rings is 1. The van der Waals surface area contributed by atoms with E-state index < -0.39 is 32.8 Å². The molecule has 1 saturated carbocycles. The molecule has 12 heteroatoms. The number of rotatable bonds is 5. The van der Waals surface area contributed by atoms with Crippen LogP contribution in [0.3, 0.4) is 0 Å². The van der Waals surface area contributed by atoms with E-state index in [4.69, 9.17) is 9.47 Å². The Hall–Kier alpha value is -3.02. The van der Waals surface area contributed by atoms with Gasteiger partial charge in [-0.15, -0.1) is 0 Å². The van der Waals surface area contributed by atoms with Crippen LogP contribution in [0.25, 0.3) is 11.3 Å². The molecule has 0 saturated heterocycles. The lowest BCUT2D eigenvalue weighted by atomic mass is 9.77. The standard InChI is InChI=1S/C23H24F3NO7S/c1-5-33-21(29)15-11-27-16(10-17(15)28)14-9-18(32-4)19(34-35(30,31)23(24,25)26)8-13(14)12-6-7-22(2,3)20(12)27/h8-12,20H,5-7H2,1-4H3/t12-,20+/m0/s1. The van der Waals surface area contributed by atoms with Crippen molar-refractivity contribution < 1.29 is 40.0 Å². The van der Waals surface area contributed by atoms with Crippen LogP contribution in [0.1, 0.15) is 61.5 Å². The number of benzene rings is 1. The highest BCUT2D eigenvalue weighted by molar-refractivity contribution is 7.88. The third kappa shape index (κ3) is 4.07. The Kier molecular flexibility index (Phi) is 5.94. The zero-order valence-electron chi connectivity index (χ0n) is 19.4. The van der Waals surface area contributed by atoms with Gasteiger partial charge in [0.05, 0.1) is 19.4 Å². The quantitative estimate of drug-likeness (QED) is 0.331. The molecule has 0 unspecified atom stereocenters. The number of ether oxygens (including phenoxy) is 2. The SMILES string of the molecule is CCOC(=O)c1cn2c(cc1=O)-c1cc(OC)c(OS(=O)(=O)C(F)(F)F)cc1[C@@H]1CCC(C)(C)[C@@H]12. The first-order valence-corrected chi connectivity index (χ1v) is 12.3. The molecule has 0 N–H and O–H groups in total. The number of hydrogen-bond acceptors (Lipinski definition) is 7. The molecule has 190 valence electrons. The Morgan fingerprint density at radius 2 is 1.89 bits per heavy atom. The third-order valence-electron chi connectivity index (χ3n) is 6.65. The van der Waals surface area contributed by atoms with E-state index in [-0.39, 0.29) is 35.3 Å². The first-order valence-electron chi connectivity index (χ1n) is 10.9. The molecule has 2 aromatic rings. The molecule has 0 radical (unpaired) electrons. The van der Waals surface area contributed by atoms with E-state index >= 15 is 0 Å². The number of carbonyl (C=O) groups is 1. The molecule has 8 nitrogen and oxygen atoms in total. The second-order valence-electron chi connectivity index (χ2n) is 9.22. The monoisotopic (exact) mass is 515 g/mol. The molecule has 1 aromatic heterocycles. The van der Waals surface area contributed by atoms with E-state index in [0.717, 1.165) is 13.5 Å². The number of carbonyl (C=O) groups excluding carboxylic acids is 1. The van der Waals surface area contributed by atoms with Crippen molar-refractivity contribution >= 4 is 16.1 Å². The molecule has 4 rings (SSSR count). The average Bonchev–Trinajstić information content (AvgIpc) is 3.07. The lowest BCUT2D eigenvalue weighted by molar-refractivity contribution is -0.0500. The largest absolute Gasteiger partial charge is 0.534 e. The number of alkyl halides is 3. The molecular formula is C23H24F3NO7S. The van der Waals surface area contributed by atoms with Crippen LogP contribution in [0, 0.1) is 5.41 Å². The highest BCUT2D eigenvalue weighted by Gasteiger charge is 2.50. The first-order chi connectivity index (χ1) is 16.2. The smallest absolute Gasteiger partial charge is 0.493 e. The van der Waals surface area contributed by atoms with Crippen molar-refractivity contribution in [3.8, 4) is 22.8 Å². The Bertz CT molecular complexity index is 1360. The van der Waals surface area contributed by atoms with Crippen LogP contribution in [-0.2, 0) is 14.9 Å². The second-order valence-corrected chi connectivity index (χ2v) is 10.8. The summed E-state index contributed by atoms with van der Waals surface area (Å²) in [6, 6.07) is 3.61. The zero-order chi connectivity index (χ0) is 25.9. The van der Waals surface area contributed by atoms with Gasteiger partial charge in [-0.3, -0.25) is 4.79 Å². The van der Waals surface area contributed by atoms with Crippen molar-refractivity contribution in [2.75, 3.05) is 13.7 Å². The number of halogens is 3. The fourth-order valence-corrected chi connectivity index (χ4v) is 5.59. The molecule has 0 amide bonds. The van der Waals surface area contributed by atoms with Gasteiger partial charge >= 0.3 is 21.6 Å². The summed E-state index contributed by atoms with van der Waals surface area (Å²) in [5.41, 5.74) is -5.18. The maximum Gasteiger partial charge on any atom is 0.534 e. The lowest BCUT2D eigenvalue weighted by Crippen LogP contribution is -2.32. The summed E-state index contributed by atoms with van der Waals surface area (Å²) >= 11 is 0. The molecule has 2 aliphatic rings. The van der Waals surface area contributed by atoms with Crippen LogP contribution in [0.4, 0.5) is 13.2 Å². The van der Waals surface area contributed by atoms with E-state index in [1.54, 1.807) is 6.92 Å². The van der Waals surface area contributed by atoms with Crippen LogP contribution in [0.5, 0.6) is 11.5 Å². The maximum atomic E-state index is 13.0. The number of esters is 1. The molecule has 1 aliphatic heterocycles. The molecule has 2 heterocycles. The Morgan fingerprint density at radius 3 is 2.49 bits per heavy atom. The molecule has 2 atom stereocenters. The van der Waals surface area contributed by atoms with Gasteiger partial charge in [0.25, 0.3) is 0 Å². The predicted octanol–water partition coefficient (Wildman–Crippen LogP) is 4.39. The summed E-state index contributed by atoms with van der Waals surface area (Å²) < 4.78 is 78.8. The Balaban J connectivity index is 1.96. The van der Waals surface area contributed by atoms with Crippen molar-refractivity contribution in [2.24, 2.45) is 5.41 Å². The first kappa shape index (κ1) is 25.1. The van der Waals surface area contributed by atoms with Gasteiger partial charge in [0.2, 0.25) is 0 Å². The number of fused-ring (bicyclic) bond motifs is 6. The second kappa shape index (κ2) is 8.28. The van der Waals surface area contributed by atoms with Crippen LogP contribution in [0.15, 0.2) is 29.2 Å². The zero-order valence-corrected chi connectivity index (χ0v) is 20.2. The van der Waals surface area contributed by atoms with Gasteiger partial charge in [0, 0.05) is 29.8 Å². The molecule has 0 spiro atoms. The van der Waals surface area contributed by atoms with E-state index in [9.17, 15) is 31.2 Å². The summed E-state index contributed by atoms with van der Waals surface area (Å²) in [4.78, 5) is 25.2. The van der Waals surface area contributed by atoms with Crippen molar-refractivity contribution in [1.82, 2.24) is 4.57 Å². The molecule has 0 bridgehead atoms. The Labute approximate surface area is 199 Å². The van der Waals surface area contributed by atoms with Gasteiger partial charge in [0.1, 0.15) is 5.56 Å². The minimum absolute atomic E-state index is 0.0984. The minimum atomic E-state index is -5.93. The molecule has 1 fully saturated rings. The van der Waals surface area contributed by atoms with Crippen LogP contribution in [0.2, 0.25) is 0 Å². The van der Waals surface area contributed by atoms with E-state index in [1.165, 1.54) is 24.4 Å². The summed E-state index contributed by atoms with van der Waals surface area (Å²) in [7, 11) is -4.77. The van der Waals surface area contributed by atoms with E-state index in [2.05, 4.69) is 4.18 Å². The van der Waals surface area contributed by atoms with E-state index in [1.807, 2.05) is 18.4 Å². The maximum absolute atomic E-state index is 13.0. The van der Waals surface area contributed by atoms with Crippen molar-refractivity contribution in [2.45, 2.75) is 51.1 Å². The topological polar surface area (TPSA) is 101 Å². The van der Waals surface area contributed by atoms with Crippen molar-refractivity contribution in [3.05, 3.63) is 45.7 Å². The highest BCUT2D eigenvalue weighted by atomic mass is 32.2. The number of methoxy groups -OCH3 is 1. The van der Waals surface area contributed by atoms with Crippen LogP contribution in [-0.4, -0.2) is 38.2 Å². The summed E-state index contributed by atoms with van der Waals surface area (Å²) in [6.45, 7) is 5.76. The summed E-state index contributed by atoms with van der Waals surface area (Å²) in [6.07, 6.45) is 2.85. The minimum Gasteiger partial charge on any atom is -0.493 e. The summed E-state index contributed by atoms with van der Waals surface area (Å²) in [5, 5.41) is 0. The molecule has 1 aliphatic carbocycles. The third-order valence-corrected chi connectivity index (χ3v) is 7.62. The highest BCUT2D eigenvalue weighted by Crippen LogP contribution is 2.60. The van der Waals surface area contributed by atoms with Crippen LogP contribution >= 0.6 is 0 Å². The average molecular weight is 516 g/mol.